The van der Waals surface area contributed by atoms with Crippen molar-refractivity contribution in [1.29, 1.82) is 0 Å². The van der Waals surface area contributed by atoms with Crippen LogP contribution in [0.4, 0.5) is 0 Å². The number of carbonyl (C=O) groups excluding carboxylic acids is 1. The molecule has 1 atom stereocenters. The highest BCUT2D eigenvalue weighted by molar-refractivity contribution is 5.92. The molecule has 0 amide bonds. The highest BCUT2D eigenvalue weighted by Gasteiger charge is 2.48. The van der Waals surface area contributed by atoms with Gasteiger partial charge in [0.05, 0.1) is 0 Å². The Hall–Kier alpha value is -1.11. The Kier molecular flexibility index (Phi) is 1.99. The summed E-state index contributed by atoms with van der Waals surface area (Å²) < 4.78 is 0. The maximum Gasteiger partial charge on any atom is 0.139 e. The van der Waals surface area contributed by atoms with Crippen molar-refractivity contribution in [3.63, 3.8) is 0 Å². The molecule has 0 radical (unpaired) electrons. The average Bonchev–Trinajstić information content (AvgIpc) is 2.16. The summed E-state index contributed by atoms with van der Waals surface area (Å²) in [5.74, 6) is 0.821. The molecule has 0 heterocycles. The maximum atomic E-state index is 11.4. The average molecular weight is 188 g/mol. The van der Waals surface area contributed by atoms with Crippen molar-refractivity contribution in [2.24, 2.45) is 5.41 Å². The molecule has 1 heteroatoms. The number of carbonyl (C=O) groups is 1. The third-order valence-corrected chi connectivity index (χ3v) is 3.54. The zero-order chi connectivity index (χ0) is 10.3. The van der Waals surface area contributed by atoms with Gasteiger partial charge in [-0.05, 0) is 18.1 Å². The highest BCUT2D eigenvalue weighted by atomic mass is 16.1. The maximum absolute atomic E-state index is 11.4. The van der Waals surface area contributed by atoms with Crippen LogP contribution in [0.25, 0.3) is 0 Å². The smallest absolute Gasteiger partial charge is 0.139 e. The highest BCUT2D eigenvalue weighted by Crippen LogP contribution is 2.49. The van der Waals surface area contributed by atoms with Gasteiger partial charge in [-0.3, -0.25) is 4.79 Å². The zero-order valence-electron chi connectivity index (χ0n) is 9.00. The van der Waals surface area contributed by atoms with Crippen LogP contribution < -0.4 is 0 Å². The van der Waals surface area contributed by atoms with Crippen molar-refractivity contribution in [2.75, 3.05) is 0 Å². The largest absolute Gasteiger partial charge is 0.299 e. The number of aryl methyl sites for hydroxylation is 1. The molecule has 1 aromatic rings. The lowest BCUT2D eigenvalue weighted by molar-refractivity contribution is -0.137. The molecule has 1 saturated carbocycles. The van der Waals surface area contributed by atoms with Crippen LogP contribution in [0, 0.1) is 12.3 Å². The summed E-state index contributed by atoms with van der Waals surface area (Å²) in [5, 5.41) is 0. The fourth-order valence-electron chi connectivity index (χ4n) is 2.24. The quantitative estimate of drug-likeness (QED) is 0.662. The van der Waals surface area contributed by atoms with Crippen LogP contribution in [0.5, 0.6) is 0 Å². The van der Waals surface area contributed by atoms with Gasteiger partial charge in [-0.25, -0.2) is 0 Å². The van der Waals surface area contributed by atoms with Gasteiger partial charge in [0.25, 0.3) is 0 Å². The molecule has 1 aliphatic carbocycles. The van der Waals surface area contributed by atoms with Crippen LogP contribution in [0.1, 0.15) is 37.3 Å². The third kappa shape index (κ3) is 1.19. The first-order chi connectivity index (χ1) is 6.53. The molecule has 14 heavy (non-hydrogen) atoms. The molecule has 0 saturated heterocycles. The lowest BCUT2D eigenvalue weighted by Crippen LogP contribution is -2.43. The number of hydrogen-bond donors (Lipinski definition) is 0. The predicted octanol–water partition coefficient (Wildman–Crippen LogP) is 3.08. The van der Waals surface area contributed by atoms with E-state index in [1.54, 1.807) is 0 Å². The molecule has 1 nitrogen and oxygen atoms in total. The molecule has 1 aromatic carbocycles. The number of rotatable bonds is 1. The number of benzene rings is 1. The second-order valence-electron chi connectivity index (χ2n) is 4.76. The monoisotopic (exact) mass is 188 g/mol. The minimum Gasteiger partial charge on any atom is -0.299 e. The number of Topliss-reactive ketones (excluding diaryl/α,β-unsaturated/α-hetero) is 1. The van der Waals surface area contributed by atoms with E-state index in [0.717, 1.165) is 6.42 Å². The van der Waals surface area contributed by atoms with E-state index in [4.69, 9.17) is 0 Å². The second kappa shape index (κ2) is 2.94. The van der Waals surface area contributed by atoms with Gasteiger partial charge in [-0.1, -0.05) is 38.1 Å². The van der Waals surface area contributed by atoms with Gasteiger partial charge in [-0.2, -0.15) is 0 Å². The Balaban J connectivity index is 2.35. The molecule has 0 N–H and O–H groups in total. The summed E-state index contributed by atoms with van der Waals surface area (Å²) >= 11 is 0. The first-order valence-corrected chi connectivity index (χ1v) is 5.12. The van der Waals surface area contributed by atoms with Crippen molar-refractivity contribution in [1.82, 2.24) is 0 Å². The molecular weight excluding hydrogens is 172 g/mol. The molecular formula is C13H16O. The van der Waals surface area contributed by atoms with Crippen molar-refractivity contribution in [3.8, 4) is 0 Å². The predicted molar refractivity (Wildman–Crippen MR) is 57.3 cm³/mol. The Morgan fingerprint density at radius 2 is 1.93 bits per heavy atom. The molecule has 1 unspecified atom stereocenters. The van der Waals surface area contributed by atoms with E-state index in [9.17, 15) is 4.79 Å². The van der Waals surface area contributed by atoms with Gasteiger partial charge in [0.2, 0.25) is 0 Å². The fourth-order valence-corrected chi connectivity index (χ4v) is 2.24. The van der Waals surface area contributed by atoms with Gasteiger partial charge >= 0.3 is 0 Å². The SMILES string of the molecule is Cc1ccccc1C1CC(=O)C1(C)C. The van der Waals surface area contributed by atoms with Crippen LogP contribution in [0.2, 0.25) is 0 Å². The van der Waals surface area contributed by atoms with Gasteiger partial charge < -0.3 is 0 Å². The van der Waals surface area contributed by atoms with E-state index in [1.807, 2.05) is 6.07 Å². The summed E-state index contributed by atoms with van der Waals surface area (Å²) in [6.45, 7) is 6.22. The second-order valence-corrected chi connectivity index (χ2v) is 4.76. The van der Waals surface area contributed by atoms with Crippen LogP contribution in [-0.2, 0) is 4.79 Å². The molecule has 2 rings (SSSR count). The summed E-state index contributed by atoms with van der Waals surface area (Å²) in [6.07, 6.45) is 0.720. The lowest BCUT2D eigenvalue weighted by Gasteiger charge is -2.43. The standard InChI is InChI=1S/C13H16O/c1-9-6-4-5-7-10(9)11-8-12(14)13(11,2)3/h4-7,11H,8H2,1-3H3. The van der Waals surface area contributed by atoms with Crippen LogP contribution in [-0.4, -0.2) is 5.78 Å². The van der Waals surface area contributed by atoms with Crippen molar-refractivity contribution in [2.45, 2.75) is 33.1 Å². The summed E-state index contributed by atoms with van der Waals surface area (Å²) in [4.78, 5) is 11.4. The van der Waals surface area contributed by atoms with Crippen molar-refractivity contribution < 1.29 is 4.79 Å². The van der Waals surface area contributed by atoms with E-state index >= 15 is 0 Å². The first kappa shape index (κ1) is 9.45. The molecule has 74 valence electrons. The minimum atomic E-state index is -0.147. The molecule has 0 aliphatic heterocycles. The van der Waals surface area contributed by atoms with Crippen LogP contribution >= 0.6 is 0 Å². The molecule has 1 fully saturated rings. The Morgan fingerprint density at radius 3 is 2.43 bits per heavy atom. The summed E-state index contributed by atoms with van der Waals surface area (Å²) in [7, 11) is 0. The van der Waals surface area contributed by atoms with Gasteiger partial charge in [0, 0.05) is 17.8 Å². The third-order valence-electron chi connectivity index (χ3n) is 3.54. The number of ketones is 1. The van der Waals surface area contributed by atoms with Crippen molar-refractivity contribution in [3.05, 3.63) is 35.4 Å². The van der Waals surface area contributed by atoms with E-state index < -0.39 is 0 Å². The Bertz CT molecular complexity index is 377. The first-order valence-electron chi connectivity index (χ1n) is 5.12. The summed E-state index contributed by atoms with van der Waals surface area (Å²) in [5.41, 5.74) is 2.50. The normalized spacial score (nSPS) is 24.5. The van der Waals surface area contributed by atoms with Crippen LogP contribution in [0.15, 0.2) is 24.3 Å². The molecule has 0 bridgehead atoms. The van der Waals surface area contributed by atoms with Crippen LogP contribution in [0.3, 0.4) is 0 Å². The molecule has 0 spiro atoms. The van der Waals surface area contributed by atoms with Gasteiger partial charge in [0.1, 0.15) is 5.78 Å². The lowest BCUT2D eigenvalue weighted by atomic mass is 9.58. The number of hydrogen-bond acceptors (Lipinski definition) is 1. The summed E-state index contributed by atoms with van der Waals surface area (Å²) in [6, 6.07) is 8.37. The fraction of sp³-hybridized carbons (Fsp3) is 0.462. The minimum absolute atomic E-state index is 0.147. The van der Waals surface area contributed by atoms with E-state index in [0.29, 0.717) is 11.7 Å². The Morgan fingerprint density at radius 1 is 1.29 bits per heavy atom. The molecule has 0 aromatic heterocycles. The van der Waals surface area contributed by atoms with Crippen molar-refractivity contribution >= 4 is 5.78 Å². The van der Waals surface area contributed by atoms with E-state index in [-0.39, 0.29) is 5.41 Å². The molecule has 1 aliphatic rings. The zero-order valence-corrected chi connectivity index (χ0v) is 9.00. The van der Waals surface area contributed by atoms with Gasteiger partial charge in [-0.15, -0.1) is 0 Å². The van der Waals surface area contributed by atoms with E-state index in [2.05, 4.69) is 39.0 Å². The van der Waals surface area contributed by atoms with Gasteiger partial charge in [0.15, 0.2) is 0 Å². The Labute approximate surface area is 85.1 Å². The topological polar surface area (TPSA) is 17.1 Å². The van der Waals surface area contributed by atoms with E-state index in [1.165, 1.54) is 11.1 Å².